The van der Waals surface area contributed by atoms with Gasteiger partial charge in [0.15, 0.2) is 5.96 Å². The first-order valence-corrected chi connectivity index (χ1v) is 5.35. The fourth-order valence-corrected chi connectivity index (χ4v) is 1.98. The normalized spacial score (nSPS) is 24.9. The van der Waals surface area contributed by atoms with E-state index in [-0.39, 0.29) is 23.8 Å². The van der Waals surface area contributed by atoms with Gasteiger partial charge in [0, 0.05) is 5.02 Å². The van der Waals surface area contributed by atoms with Gasteiger partial charge in [0.25, 0.3) is 0 Å². The molecule has 3 N–H and O–H groups in total. The van der Waals surface area contributed by atoms with Crippen molar-refractivity contribution >= 4 is 23.5 Å². The van der Waals surface area contributed by atoms with Crippen LogP contribution in [-0.4, -0.2) is 17.9 Å². The maximum Gasteiger partial charge on any atom is 0.236 e. The van der Waals surface area contributed by atoms with Crippen molar-refractivity contribution in [1.82, 2.24) is 5.32 Å². The maximum absolute atomic E-state index is 11.8. The number of nitrogens with two attached hydrogens (primary N) is 1. The number of nitrogens with zero attached hydrogens (tertiary/aromatic N) is 1. The van der Waals surface area contributed by atoms with Gasteiger partial charge in [-0.2, -0.15) is 0 Å². The second kappa shape index (κ2) is 4.14. The maximum atomic E-state index is 11.8. The average Bonchev–Trinajstić information content (AvgIpc) is 2.19. The minimum atomic E-state index is -0.301. The van der Waals surface area contributed by atoms with Crippen LogP contribution in [0.1, 0.15) is 18.4 Å². The Balaban J connectivity index is 2.33. The van der Waals surface area contributed by atoms with E-state index in [0.29, 0.717) is 5.02 Å². The van der Waals surface area contributed by atoms with Crippen LogP contribution < -0.4 is 11.1 Å². The van der Waals surface area contributed by atoms with Crippen molar-refractivity contribution in [3.63, 3.8) is 0 Å². The fraction of sp³-hybridized carbons (Fsp3) is 0.273. The van der Waals surface area contributed by atoms with E-state index >= 15 is 0 Å². The molecule has 0 saturated carbocycles. The summed E-state index contributed by atoms with van der Waals surface area (Å²) in [6.45, 7) is 1.87. The summed E-state index contributed by atoms with van der Waals surface area (Å²) in [5, 5.41) is 3.18. The summed E-state index contributed by atoms with van der Waals surface area (Å²) in [6.07, 6.45) is 0. The number of amides is 1. The van der Waals surface area contributed by atoms with Crippen molar-refractivity contribution < 1.29 is 4.79 Å². The number of rotatable bonds is 1. The summed E-state index contributed by atoms with van der Waals surface area (Å²) >= 11 is 5.80. The van der Waals surface area contributed by atoms with Crippen molar-refractivity contribution in [1.29, 1.82) is 0 Å². The molecule has 16 heavy (non-hydrogen) atoms. The van der Waals surface area contributed by atoms with Crippen LogP contribution in [0.3, 0.4) is 0 Å². The molecule has 1 aliphatic heterocycles. The minimum absolute atomic E-state index is 0.123. The molecule has 4 nitrogen and oxygen atoms in total. The number of aliphatic imine (C=N–C) groups is 1. The lowest BCUT2D eigenvalue weighted by Crippen LogP contribution is -2.47. The summed E-state index contributed by atoms with van der Waals surface area (Å²) in [7, 11) is 0. The van der Waals surface area contributed by atoms with Gasteiger partial charge in [-0.15, -0.1) is 0 Å². The van der Waals surface area contributed by atoms with Crippen molar-refractivity contribution in [3.05, 3.63) is 34.9 Å². The minimum Gasteiger partial charge on any atom is -0.370 e. The molecular weight excluding hydrogens is 226 g/mol. The zero-order valence-electron chi connectivity index (χ0n) is 8.77. The van der Waals surface area contributed by atoms with Gasteiger partial charge in [-0.25, -0.2) is 4.99 Å². The van der Waals surface area contributed by atoms with Crippen molar-refractivity contribution in [2.75, 3.05) is 0 Å². The van der Waals surface area contributed by atoms with Crippen LogP contribution in [0.5, 0.6) is 0 Å². The second-order valence-corrected chi connectivity index (χ2v) is 4.21. The Morgan fingerprint density at radius 2 is 2.00 bits per heavy atom. The monoisotopic (exact) mass is 237 g/mol. The number of benzene rings is 1. The topological polar surface area (TPSA) is 67.5 Å². The van der Waals surface area contributed by atoms with Gasteiger partial charge in [0.05, 0.1) is 12.0 Å². The van der Waals surface area contributed by atoms with Gasteiger partial charge in [-0.05, 0) is 24.6 Å². The van der Waals surface area contributed by atoms with E-state index in [9.17, 15) is 4.79 Å². The summed E-state index contributed by atoms with van der Waals surface area (Å²) in [5.74, 6) is -0.241. The Hall–Kier alpha value is -1.55. The predicted octanol–water partition coefficient (Wildman–Crippen LogP) is 1.26. The van der Waals surface area contributed by atoms with Crippen LogP contribution in [0, 0.1) is 0 Å². The van der Waals surface area contributed by atoms with E-state index in [4.69, 9.17) is 17.3 Å². The molecule has 0 saturated heterocycles. The summed E-state index contributed by atoms with van der Waals surface area (Å²) in [6, 6.07) is 7.03. The van der Waals surface area contributed by atoms with Gasteiger partial charge < -0.3 is 5.73 Å². The third-order valence-corrected chi connectivity index (χ3v) is 2.84. The number of guanidine groups is 1. The first-order valence-electron chi connectivity index (χ1n) is 4.97. The molecule has 0 fully saturated rings. The molecule has 0 spiro atoms. The van der Waals surface area contributed by atoms with E-state index in [1.54, 1.807) is 12.1 Å². The molecule has 84 valence electrons. The highest BCUT2D eigenvalue weighted by atomic mass is 35.5. The number of carbonyl (C=O) groups excluding carboxylic acids is 1. The quantitative estimate of drug-likeness (QED) is 0.772. The van der Waals surface area contributed by atoms with Gasteiger partial charge in [-0.1, -0.05) is 23.7 Å². The lowest BCUT2D eigenvalue weighted by Gasteiger charge is -2.25. The molecule has 0 unspecified atom stereocenters. The van der Waals surface area contributed by atoms with Crippen molar-refractivity contribution in [2.24, 2.45) is 10.7 Å². The van der Waals surface area contributed by atoms with Gasteiger partial charge >= 0.3 is 0 Å². The molecule has 1 aliphatic rings. The van der Waals surface area contributed by atoms with Gasteiger partial charge in [0.2, 0.25) is 5.91 Å². The predicted molar refractivity (Wildman–Crippen MR) is 63.4 cm³/mol. The third kappa shape index (κ3) is 2.02. The largest absolute Gasteiger partial charge is 0.370 e. The fourth-order valence-electron chi connectivity index (χ4n) is 1.85. The van der Waals surface area contributed by atoms with E-state index in [1.807, 2.05) is 19.1 Å². The Morgan fingerprint density at radius 3 is 2.56 bits per heavy atom. The SMILES string of the molecule is C[C@@H]1N=C(N)NC(=O)[C@H]1c1ccc(Cl)cc1. The zero-order chi connectivity index (χ0) is 11.7. The molecule has 1 aromatic rings. The molecule has 5 heteroatoms. The van der Waals surface area contributed by atoms with Crippen LogP contribution >= 0.6 is 11.6 Å². The van der Waals surface area contributed by atoms with Crippen LogP contribution in [-0.2, 0) is 4.79 Å². The van der Waals surface area contributed by atoms with Gasteiger partial charge in [0.1, 0.15) is 0 Å². The average molecular weight is 238 g/mol. The third-order valence-electron chi connectivity index (χ3n) is 2.59. The lowest BCUT2D eigenvalue weighted by atomic mass is 9.91. The summed E-state index contributed by atoms with van der Waals surface area (Å²) in [4.78, 5) is 15.9. The second-order valence-electron chi connectivity index (χ2n) is 3.77. The molecule has 1 heterocycles. The molecule has 0 radical (unpaired) electrons. The Bertz CT molecular complexity index is 441. The van der Waals surface area contributed by atoms with Crippen LogP contribution in [0.25, 0.3) is 0 Å². The highest BCUT2D eigenvalue weighted by Gasteiger charge is 2.30. The summed E-state index contributed by atoms with van der Waals surface area (Å²) in [5.41, 5.74) is 6.37. The first kappa shape index (κ1) is 11.0. The van der Waals surface area contributed by atoms with Crippen LogP contribution in [0.4, 0.5) is 0 Å². The van der Waals surface area contributed by atoms with E-state index in [0.717, 1.165) is 5.56 Å². The Kier molecular flexibility index (Phi) is 2.83. The molecule has 0 aliphatic carbocycles. The molecule has 2 atom stereocenters. The molecule has 2 rings (SSSR count). The van der Waals surface area contributed by atoms with E-state index in [1.165, 1.54) is 0 Å². The molecular formula is C11H12ClN3O. The number of carbonyl (C=O) groups is 1. The zero-order valence-corrected chi connectivity index (χ0v) is 9.53. The van der Waals surface area contributed by atoms with Crippen molar-refractivity contribution in [3.8, 4) is 0 Å². The van der Waals surface area contributed by atoms with Crippen LogP contribution in [0.15, 0.2) is 29.3 Å². The molecule has 1 amide bonds. The first-order chi connectivity index (χ1) is 7.58. The van der Waals surface area contributed by atoms with Crippen molar-refractivity contribution in [2.45, 2.75) is 18.9 Å². The number of halogens is 1. The molecule has 0 aromatic heterocycles. The molecule has 1 aromatic carbocycles. The highest BCUT2D eigenvalue weighted by molar-refractivity contribution is 6.30. The highest BCUT2D eigenvalue weighted by Crippen LogP contribution is 2.25. The Labute approximate surface area is 98.5 Å². The molecule has 0 bridgehead atoms. The summed E-state index contributed by atoms with van der Waals surface area (Å²) < 4.78 is 0. The van der Waals surface area contributed by atoms with E-state index in [2.05, 4.69) is 10.3 Å². The standard InChI is InChI=1S/C11H12ClN3O/c1-6-9(10(16)15-11(13)14-6)7-2-4-8(12)5-3-7/h2-6,9H,1H3,(H3,13,14,15,16)/t6-,9+/m0/s1. The Morgan fingerprint density at radius 1 is 1.38 bits per heavy atom. The van der Waals surface area contributed by atoms with Gasteiger partial charge in [-0.3, -0.25) is 10.1 Å². The van der Waals surface area contributed by atoms with E-state index < -0.39 is 0 Å². The van der Waals surface area contributed by atoms with Crippen LogP contribution in [0.2, 0.25) is 5.02 Å². The smallest absolute Gasteiger partial charge is 0.236 e. The lowest BCUT2D eigenvalue weighted by molar-refractivity contribution is -0.121. The number of nitrogens with one attached hydrogen (secondary N) is 1. The number of hydrogen-bond donors (Lipinski definition) is 2. The number of hydrogen-bond acceptors (Lipinski definition) is 3.